The van der Waals surface area contributed by atoms with Crippen LogP contribution < -0.4 is 10.1 Å². The van der Waals surface area contributed by atoms with Gasteiger partial charge < -0.3 is 10.1 Å². The van der Waals surface area contributed by atoms with Crippen LogP contribution in [0, 0.1) is 5.92 Å². The van der Waals surface area contributed by atoms with E-state index < -0.39 is 15.9 Å². The summed E-state index contributed by atoms with van der Waals surface area (Å²) in [6.45, 7) is 0.480. The van der Waals surface area contributed by atoms with Gasteiger partial charge in [-0.1, -0.05) is 41.4 Å². The standard InChI is InChI=1S/C20H22Cl2N2O4S/c1-28-19-10-3-2-9-18(19)23-20(25)14-6-5-11-24(12-14)29(26,27)13-15-16(21)7-4-8-17(15)22/h2-4,7-10,14H,5-6,11-13H2,1H3,(H,23,25)/t14-/m1/s1. The van der Waals surface area contributed by atoms with E-state index in [0.29, 0.717) is 46.4 Å². The average molecular weight is 457 g/mol. The van der Waals surface area contributed by atoms with E-state index in [0.717, 1.165) is 0 Å². The number of rotatable bonds is 6. The molecule has 0 aliphatic carbocycles. The molecule has 1 amide bonds. The van der Waals surface area contributed by atoms with Crippen LogP contribution in [0.4, 0.5) is 5.69 Å². The van der Waals surface area contributed by atoms with Gasteiger partial charge in [0.2, 0.25) is 15.9 Å². The van der Waals surface area contributed by atoms with Gasteiger partial charge >= 0.3 is 0 Å². The summed E-state index contributed by atoms with van der Waals surface area (Å²) in [5.74, 6) is -0.434. The Morgan fingerprint density at radius 1 is 1.17 bits per heavy atom. The Labute approximate surface area is 180 Å². The molecule has 9 heteroatoms. The minimum absolute atomic E-state index is 0.116. The number of hydrogen-bond acceptors (Lipinski definition) is 4. The molecule has 156 valence electrons. The van der Waals surface area contributed by atoms with Crippen LogP contribution in [0.2, 0.25) is 10.0 Å². The van der Waals surface area contributed by atoms with Crippen LogP contribution in [0.5, 0.6) is 5.75 Å². The fourth-order valence-corrected chi connectivity index (χ4v) is 5.70. The summed E-state index contributed by atoms with van der Waals surface area (Å²) < 4.78 is 32.5. The number of ether oxygens (including phenoxy) is 1. The minimum atomic E-state index is -3.67. The van der Waals surface area contributed by atoms with Crippen molar-refractivity contribution in [3.8, 4) is 5.75 Å². The van der Waals surface area contributed by atoms with E-state index in [1.807, 2.05) is 6.07 Å². The zero-order chi connectivity index (χ0) is 21.0. The van der Waals surface area contributed by atoms with Gasteiger partial charge in [0.1, 0.15) is 5.75 Å². The van der Waals surface area contributed by atoms with Crippen LogP contribution in [0.15, 0.2) is 42.5 Å². The van der Waals surface area contributed by atoms with E-state index in [2.05, 4.69) is 5.32 Å². The van der Waals surface area contributed by atoms with Crippen LogP contribution in [0.1, 0.15) is 18.4 Å². The topological polar surface area (TPSA) is 75.7 Å². The van der Waals surface area contributed by atoms with Gasteiger partial charge in [0.05, 0.1) is 24.5 Å². The highest BCUT2D eigenvalue weighted by molar-refractivity contribution is 7.88. The number of hydrogen-bond donors (Lipinski definition) is 1. The number of amides is 1. The lowest BCUT2D eigenvalue weighted by molar-refractivity contribution is -0.120. The van der Waals surface area contributed by atoms with Crippen molar-refractivity contribution in [1.29, 1.82) is 0 Å². The predicted octanol–water partition coefficient (Wildman–Crippen LogP) is 4.18. The summed E-state index contributed by atoms with van der Waals surface area (Å²) in [5.41, 5.74) is 0.930. The monoisotopic (exact) mass is 456 g/mol. The molecule has 0 unspecified atom stereocenters. The second kappa shape index (κ2) is 9.34. The Morgan fingerprint density at radius 3 is 2.55 bits per heavy atom. The van der Waals surface area contributed by atoms with E-state index in [9.17, 15) is 13.2 Å². The summed E-state index contributed by atoms with van der Waals surface area (Å²) in [6.07, 6.45) is 1.21. The van der Waals surface area contributed by atoms with E-state index in [1.54, 1.807) is 36.4 Å². The number of piperidine rings is 1. The number of nitrogens with zero attached hydrogens (tertiary/aromatic N) is 1. The average Bonchev–Trinajstić information content (AvgIpc) is 2.71. The maximum Gasteiger partial charge on any atom is 0.228 e. The second-order valence-corrected chi connectivity index (χ2v) is 9.63. The smallest absolute Gasteiger partial charge is 0.228 e. The molecule has 0 spiro atoms. The number of anilines is 1. The van der Waals surface area contributed by atoms with E-state index in [4.69, 9.17) is 27.9 Å². The second-order valence-electron chi connectivity index (χ2n) is 6.84. The van der Waals surface area contributed by atoms with Crippen LogP contribution in [-0.4, -0.2) is 38.8 Å². The van der Waals surface area contributed by atoms with Crippen LogP contribution in [-0.2, 0) is 20.6 Å². The molecule has 0 aromatic heterocycles. The molecular formula is C20H22Cl2N2O4S. The van der Waals surface area contributed by atoms with E-state index >= 15 is 0 Å². The highest BCUT2D eigenvalue weighted by Crippen LogP contribution is 2.30. The van der Waals surface area contributed by atoms with Crippen molar-refractivity contribution >= 4 is 44.8 Å². The van der Waals surface area contributed by atoms with Crippen molar-refractivity contribution in [1.82, 2.24) is 4.31 Å². The summed E-state index contributed by atoms with van der Waals surface area (Å²) in [5, 5.41) is 3.46. The highest BCUT2D eigenvalue weighted by Gasteiger charge is 2.33. The van der Waals surface area contributed by atoms with Crippen molar-refractivity contribution in [2.45, 2.75) is 18.6 Å². The minimum Gasteiger partial charge on any atom is -0.495 e. The van der Waals surface area contributed by atoms with Crippen LogP contribution in [0.25, 0.3) is 0 Å². The Balaban J connectivity index is 1.72. The highest BCUT2D eigenvalue weighted by atomic mass is 35.5. The lowest BCUT2D eigenvalue weighted by Crippen LogP contribution is -2.44. The first-order valence-electron chi connectivity index (χ1n) is 9.16. The maximum absolute atomic E-state index is 12.9. The maximum atomic E-state index is 12.9. The third-order valence-corrected chi connectivity index (χ3v) is 7.38. The molecule has 1 aliphatic heterocycles. The van der Waals surface area contributed by atoms with E-state index in [1.165, 1.54) is 11.4 Å². The van der Waals surface area contributed by atoms with Gasteiger partial charge in [-0.25, -0.2) is 12.7 Å². The lowest BCUT2D eigenvalue weighted by Gasteiger charge is -2.31. The summed E-state index contributed by atoms with van der Waals surface area (Å²) in [7, 11) is -2.15. The first-order chi connectivity index (χ1) is 13.8. The molecule has 0 saturated carbocycles. The van der Waals surface area contributed by atoms with E-state index in [-0.39, 0.29) is 18.2 Å². The molecule has 3 rings (SSSR count). The Bertz CT molecular complexity index is 977. The van der Waals surface area contributed by atoms with Crippen molar-refractivity contribution < 1.29 is 17.9 Å². The van der Waals surface area contributed by atoms with Gasteiger partial charge in [-0.05, 0) is 37.1 Å². The van der Waals surface area contributed by atoms with Crippen molar-refractivity contribution in [2.24, 2.45) is 5.92 Å². The molecule has 1 aliphatic rings. The van der Waals surface area contributed by atoms with Crippen molar-refractivity contribution in [3.05, 3.63) is 58.1 Å². The number of sulfonamides is 1. The number of carbonyl (C=O) groups excluding carboxylic acids is 1. The third-order valence-electron chi connectivity index (χ3n) is 4.90. The third kappa shape index (κ3) is 5.22. The van der Waals surface area contributed by atoms with Gasteiger partial charge in [0, 0.05) is 28.7 Å². The van der Waals surface area contributed by atoms with Crippen molar-refractivity contribution in [3.63, 3.8) is 0 Å². The SMILES string of the molecule is COc1ccccc1NC(=O)[C@@H]1CCCN(S(=O)(=O)Cc2c(Cl)cccc2Cl)C1. The first-order valence-corrected chi connectivity index (χ1v) is 11.5. The molecule has 2 aromatic carbocycles. The van der Waals surface area contributed by atoms with Gasteiger partial charge in [-0.2, -0.15) is 0 Å². The zero-order valence-corrected chi connectivity index (χ0v) is 18.2. The largest absolute Gasteiger partial charge is 0.495 e. The zero-order valence-electron chi connectivity index (χ0n) is 15.9. The summed E-state index contributed by atoms with van der Waals surface area (Å²) in [4.78, 5) is 12.7. The van der Waals surface area contributed by atoms with Crippen LogP contribution >= 0.6 is 23.2 Å². The number of methoxy groups -OCH3 is 1. The molecule has 2 aromatic rings. The molecule has 1 atom stereocenters. The molecule has 0 radical (unpaired) electrons. The summed E-state index contributed by atoms with van der Waals surface area (Å²) >= 11 is 12.3. The Kier molecular flexibility index (Phi) is 7.05. The lowest BCUT2D eigenvalue weighted by atomic mass is 9.98. The normalized spacial score (nSPS) is 17.7. The number of halogens is 2. The molecule has 1 heterocycles. The Hall–Kier alpha value is -1.80. The molecule has 6 nitrogen and oxygen atoms in total. The van der Waals surface area contributed by atoms with Gasteiger partial charge in [-0.15, -0.1) is 0 Å². The molecule has 0 bridgehead atoms. The number of benzene rings is 2. The summed E-state index contributed by atoms with van der Waals surface area (Å²) in [6, 6.07) is 12.0. The van der Waals surface area contributed by atoms with Crippen molar-refractivity contribution in [2.75, 3.05) is 25.5 Å². The molecule has 1 N–H and O–H groups in total. The van der Waals surface area contributed by atoms with Gasteiger partial charge in [0.25, 0.3) is 0 Å². The number of nitrogens with one attached hydrogen (secondary N) is 1. The molecule has 1 saturated heterocycles. The van der Waals surface area contributed by atoms with Gasteiger partial charge in [-0.3, -0.25) is 4.79 Å². The van der Waals surface area contributed by atoms with Gasteiger partial charge in [0.15, 0.2) is 0 Å². The molecule has 29 heavy (non-hydrogen) atoms. The molecule has 1 fully saturated rings. The fraction of sp³-hybridized carbons (Fsp3) is 0.350. The Morgan fingerprint density at radius 2 is 1.86 bits per heavy atom. The predicted molar refractivity (Wildman–Crippen MR) is 115 cm³/mol. The van der Waals surface area contributed by atoms with Crippen LogP contribution in [0.3, 0.4) is 0 Å². The fourth-order valence-electron chi connectivity index (χ4n) is 3.34. The quantitative estimate of drug-likeness (QED) is 0.706. The first kappa shape index (κ1) is 21.9. The molecular weight excluding hydrogens is 435 g/mol. The number of carbonyl (C=O) groups is 1. The number of para-hydroxylation sites is 2.